The van der Waals surface area contributed by atoms with E-state index in [1.165, 1.54) is 31.3 Å². The average Bonchev–Trinajstić information content (AvgIpc) is 2.18. The molecule has 0 amide bonds. The van der Waals surface area contributed by atoms with Crippen LogP contribution in [0.25, 0.3) is 0 Å². The molecule has 3 saturated carbocycles. The first-order chi connectivity index (χ1) is 7.20. The summed E-state index contributed by atoms with van der Waals surface area (Å²) in [7, 11) is 0. The first-order valence-electron chi connectivity index (χ1n) is 6.15. The van der Waals surface area contributed by atoms with Crippen LogP contribution in [-0.2, 0) is 9.47 Å². The normalized spacial score (nSPS) is 36.9. The molecule has 0 aromatic heterocycles. The number of hydrogen-bond acceptors (Lipinski definition) is 2. The zero-order chi connectivity index (χ0) is 10.8. The van der Waals surface area contributed by atoms with Gasteiger partial charge in [-0.05, 0) is 45.4 Å². The highest BCUT2D eigenvalue weighted by Gasteiger charge is 2.39. The van der Waals surface area contributed by atoms with E-state index < -0.39 is 0 Å². The maximum atomic E-state index is 5.95. The molecule has 3 aliphatic carbocycles. The monoisotopic (exact) mass is 210 g/mol. The van der Waals surface area contributed by atoms with Crippen LogP contribution in [-0.4, -0.2) is 19.0 Å². The molecule has 4 atom stereocenters. The molecule has 15 heavy (non-hydrogen) atoms. The van der Waals surface area contributed by atoms with Gasteiger partial charge in [0.15, 0.2) is 6.29 Å². The van der Waals surface area contributed by atoms with E-state index in [4.69, 9.17) is 9.47 Å². The molecule has 0 spiro atoms. The van der Waals surface area contributed by atoms with Crippen LogP contribution in [0.4, 0.5) is 0 Å². The van der Waals surface area contributed by atoms with Gasteiger partial charge in [-0.1, -0.05) is 12.2 Å². The van der Waals surface area contributed by atoms with Gasteiger partial charge in [0.05, 0.1) is 6.10 Å². The third-order valence-electron chi connectivity index (χ3n) is 3.74. The molecule has 2 nitrogen and oxygen atoms in total. The summed E-state index contributed by atoms with van der Waals surface area (Å²) in [6, 6.07) is 0. The van der Waals surface area contributed by atoms with Crippen LogP contribution in [0.1, 0.15) is 39.5 Å². The zero-order valence-electron chi connectivity index (χ0n) is 9.87. The maximum Gasteiger partial charge on any atom is 0.155 e. The summed E-state index contributed by atoms with van der Waals surface area (Å²) in [4.78, 5) is 0. The molecule has 0 heterocycles. The number of ether oxygens (including phenoxy) is 2. The van der Waals surface area contributed by atoms with Gasteiger partial charge in [-0.2, -0.15) is 0 Å². The quantitative estimate of drug-likeness (QED) is 0.524. The van der Waals surface area contributed by atoms with Crippen LogP contribution in [0.3, 0.4) is 0 Å². The van der Waals surface area contributed by atoms with E-state index in [1.54, 1.807) is 0 Å². The summed E-state index contributed by atoms with van der Waals surface area (Å²) in [5.41, 5.74) is 1.41. The molecule has 2 heteroatoms. The van der Waals surface area contributed by atoms with E-state index in [9.17, 15) is 0 Å². The van der Waals surface area contributed by atoms with Gasteiger partial charge < -0.3 is 9.47 Å². The van der Waals surface area contributed by atoms with E-state index >= 15 is 0 Å². The molecule has 86 valence electrons. The van der Waals surface area contributed by atoms with Crippen molar-refractivity contribution in [3.63, 3.8) is 0 Å². The molecular formula is C13H22O2. The molecule has 0 saturated heterocycles. The smallest absolute Gasteiger partial charge is 0.155 e. The van der Waals surface area contributed by atoms with Crippen molar-refractivity contribution >= 4 is 0 Å². The molecule has 0 aromatic carbocycles. The van der Waals surface area contributed by atoms with Crippen molar-refractivity contribution in [3.05, 3.63) is 12.2 Å². The Kier molecular flexibility index (Phi) is 3.47. The number of hydrogen-bond donors (Lipinski definition) is 0. The Morgan fingerprint density at radius 3 is 2.87 bits per heavy atom. The zero-order valence-corrected chi connectivity index (χ0v) is 9.87. The Morgan fingerprint density at radius 2 is 2.27 bits per heavy atom. The van der Waals surface area contributed by atoms with Gasteiger partial charge in [-0.3, -0.25) is 0 Å². The molecule has 0 radical (unpaired) electrons. The fourth-order valence-electron chi connectivity index (χ4n) is 3.06. The third-order valence-corrected chi connectivity index (χ3v) is 3.74. The number of fused-ring (bicyclic) bond motifs is 3. The minimum Gasteiger partial charge on any atom is -0.353 e. The third kappa shape index (κ3) is 2.43. The molecule has 3 fully saturated rings. The Balaban J connectivity index is 1.90. The molecule has 3 rings (SSSR count). The van der Waals surface area contributed by atoms with Crippen molar-refractivity contribution in [1.29, 1.82) is 0 Å². The van der Waals surface area contributed by atoms with E-state index in [-0.39, 0.29) is 6.29 Å². The highest BCUT2D eigenvalue weighted by Crippen LogP contribution is 2.45. The van der Waals surface area contributed by atoms with Crippen LogP contribution in [0.5, 0.6) is 0 Å². The van der Waals surface area contributed by atoms with Crippen molar-refractivity contribution in [2.45, 2.75) is 51.9 Å². The Bertz CT molecular complexity index is 237. The summed E-state index contributed by atoms with van der Waals surface area (Å²) in [5, 5.41) is 0. The van der Waals surface area contributed by atoms with Gasteiger partial charge in [-0.25, -0.2) is 0 Å². The van der Waals surface area contributed by atoms with Gasteiger partial charge >= 0.3 is 0 Å². The van der Waals surface area contributed by atoms with Crippen molar-refractivity contribution < 1.29 is 9.47 Å². The van der Waals surface area contributed by atoms with Crippen molar-refractivity contribution in [2.75, 3.05) is 6.61 Å². The van der Waals surface area contributed by atoms with Crippen molar-refractivity contribution in [1.82, 2.24) is 0 Å². The SMILES string of the molecule is C=C1C[C@@H]2CC[C@H]1[C@@H](OC(C)OCC)C2. The lowest BCUT2D eigenvalue weighted by molar-refractivity contribution is -0.181. The van der Waals surface area contributed by atoms with Gasteiger partial charge in [-0.15, -0.1) is 0 Å². The van der Waals surface area contributed by atoms with E-state index in [0.29, 0.717) is 12.0 Å². The van der Waals surface area contributed by atoms with Crippen LogP contribution >= 0.6 is 0 Å². The molecular weight excluding hydrogens is 188 g/mol. The van der Waals surface area contributed by atoms with E-state index in [0.717, 1.165) is 12.5 Å². The Labute approximate surface area is 92.6 Å². The number of rotatable bonds is 4. The Morgan fingerprint density at radius 1 is 1.47 bits per heavy atom. The topological polar surface area (TPSA) is 18.5 Å². The molecule has 0 aliphatic heterocycles. The van der Waals surface area contributed by atoms with E-state index in [2.05, 4.69) is 6.58 Å². The molecule has 3 aliphatic rings. The lowest BCUT2D eigenvalue weighted by Crippen LogP contribution is -2.40. The predicted molar refractivity (Wildman–Crippen MR) is 60.5 cm³/mol. The maximum absolute atomic E-state index is 5.95. The summed E-state index contributed by atoms with van der Waals surface area (Å²) < 4.78 is 11.4. The summed E-state index contributed by atoms with van der Waals surface area (Å²) in [6.45, 7) is 8.91. The summed E-state index contributed by atoms with van der Waals surface area (Å²) in [5.74, 6) is 1.42. The minimum absolute atomic E-state index is 0.0628. The first-order valence-corrected chi connectivity index (χ1v) is 6.15. The lowest BCUT2D eigenvalue weighted by atomic mass is 9.67. The molecule has 1 unspecified atom stereocenters. The van der Waals surface area contributed by atoms with Crippen LogP contribution in [0.2, 0.25) is 0 Å². The van der Waals surface area contributed by atoms with E-state index in [1.807, 2.05) is 13.8 Å². The van der Waals surface area contributed by atoms with Crippen LogP contribution in [0, 0.1) is 11.8 Å². The highest BCUT2D eigenvalue weighted by molar-refractivity contribution is 5.12. The first kappa shape index (κ1) is 11.2. The molecule has 0 aromatic rings. The average molecular weight is 210 g/mol. The summed E-state index contributed by atoms with van der Waals surface area (Å²) >= 11 is 0. The van der Waals surface area contributed by atoms with Crippen molar-refractivity contribution in [2.24, 2.45) is 11.8 Å². The van der Waals surface area contributed by atoms with Crippen LogP contribution in [0.15, 0.2) is 12.2 Å². The molecule has 2 bridgehead atoms. The summed E-state index contributed by atoms with van der Waals surface area (Å²) in [6.07, 6.45) is 5.38. The Hall–Kier alpha value is -0.340. The second kappa shape index (κ2) is 4.67. The second-order valence-corrected chi connectivity index (χ2v) is 4.85. The van der Waals surface area contributed by atoms with Gasteiger partial charge in [0.1, 0.15) is 0 Å². The molecule has 0 N–H and O–H groups in total. The van der Waals surface area contributed by atoms with Crippen molar-refractivity contribution in [3.8, 4) is 0 Å². The standard InChI is InChI=1S/C13H22O2/c1-4-14-10(3)15-13-8-11-5-6-12(13)9(2)7-11/h10-13H,2,4-8H2,1,3H3/t10?,11-,12+,13-/m0/s1. The van der Waals surface area contributed by atoms with Gasteiger partial charge in [0.25, 0.3) is 0 Å². The largest absolute Gasteiger partial charge is 0.353 e. The minimum atomic E-state index is -0.0628. The second-order valence-electron chi connectivity index (χ2n) is 4.85. The fraction of sp³-hybridized carbons (Fsp3) is 0.846. The van der Waals surface area contributed by atoms with Gasteiger partial charge in [0.2, 0.25) is 0 Å². The van der Waals surface area contributed by atoms with Crippen LogP contribution < -0.4 is 0 Å². The fourth-order valence-corrected chi connectivity index (χ4v) is 3.06. The lowest BCUT2D eigenvalue weighted by Gasteiger charge is -2.44. The highest BCUT2D eigenvalue weighted by atomic mass is 16.7. The predicted octanol–water partition coefficient (Wildman–Crippen LogP) is 3.13. The van der Waals surface area contributed by atoms with Gasteiger partial charge in [0, 0.05) is 12.5 Å².